The van der Waals surface area contributed by atoms with Crippen LogP contribution < -0.4 is 5.11 Å². The van der Waals surface area contributed by atoms with Gasteiger partial charge in [-0.3, -0.25) is 0 Å². The predicted octanol–water partition coefficient (Wildman–Crippen LogP) is 6.01. The van der Waals surface area contributed by atoms with Crippen molar-refractivity contribution in [2.24, 2.45) is 0 Å². The molecule has 0 saturated carbocycles. The van der Waals surface area contributed by atoms with Gasteiger partial charge in [0.2, 0.25) is 0 Å². The molecule has 0 amide bonds. The molecule has 2 heteroatoms. The summed E-state index contributed by atoms with van der Waals surface area (Å²) < 4.78 is 4.78. The summed E-state index contributed by atoms with van der Waals surface area (Å²) in [5, 5.41) is 8.93. The Labute approximate surface area is 161 Å². The zero-order chi connectivity index (χ0) is 17.4. The van der Waals surface area contributed by atoms with E-state index >= 15 is 0 Å². The average molecular weight is 416 g/mol. The molecule has 2 unspecified atom stereocenters. The van der Waals surface area contributed by atoms with Crippen LogP contribution in [0, 0.1) is 0 Å². The van der Waals surface area contributed by atoms with Gasteiger partial charge in [0.15, 0.2) is 0 Å². The Morgan fingerprint density at radius 3 is 1.64 bits per heavy atom. The van der Waals surface area contributed by atoms with E-state index < -0.39 is 21.8 Å². The Morgan fingerprint density at radius 2 is 1.20 bits per heavy atom. The molecular weight excluding hydrogens is 383 g/mol. The third-order valence-electron chi connectivity index (χ3n) is 6.88. The third-order valence-corrected chi connectivity index (χ3v) is 14.9. The first-order valence-electron chi connectivity index (χ1n) is 10.5. The molecule has 134 valence electrons. The summed E-state index contributed by atoms with van der Waals surface area (Å²) >= 11 is -1.47. The zero-order valence-electron chi connectivity index (χ0n) is 16.0. The fraction of sp³-hybridized carbons (Fsp3) is 0.652. The van der Waals surface area contributed by atoms with Crippen molar-refractivity contribution in [2.75, 3.05) is 6.61 Å². The quantitative estimate of drug-likeness (QED) is 0.475. The summed E-state index contributed by atoms with van der Waals surface area (Å²) in [4.78, 5) is 0. The molecule has 5 aliphatic rings. The van der Waals surface area contributed by atoms with Gasteiger partial charge in [0.1, 0.15) is 0 Å². The summed E-state index contributed by atoms with van der Waals surface area (Å²) in [6.45, 7) is 1.57. The van der Waals surface area contributed by atoms with Crippen LogP contribution >= 0.6 is 0 Å². The summed E-state index contributed by atoms with van der Waals surface area (Å²) in [5.74, 6) is 0. The van der Waals surface area contributed by atoms with Crippen LogP contribution in [0.1, 0.15) is 71.1 Å². The monoisotopic (exact) mass is 414 g/mol. The minimum absolute atomic E-state index is 0. The third kappa shape index (κ3) is 3.27. The summed E-state index contributed by atoms with van der Waals surface area (Å²) in [7, 11) is 0. The molecular formula is C23H32OZr. The fourth-order valence-electron chi connectivity index (χ4n) is 5.98. The molecule has 5 rings (SSSR count). The van der Waals surface area contributed by atoms with Crippen LogP contribution in [-0.2, 0) is 21.8 Å². The van der Waals surface area contributed by atoms with Crippen LogP contribution in [0.5, 0.6) is 0 Å². The van der Waals surface area contributed by atoms with E-state index in [1.807, 2.05) is 22.3 Å². The van der Waals surface area contributed by atoms with Crippen LogP contribution in [-0.4, -0.2) is 6.61 Å². The van der Waals surface area contributed by atoms with Crippen molar-refractivity contribution in [3.05, 3.63) is 45.6 Å². The maximum atomic E-state index is 8.93. The van der Waals surface area contributed by atoms with Gasteiger partial charge in [-0.05, 0) is 0 Å². The molecule has 1 nitrogen and oxygen atoms in total. The van der Waals surface area contributed by atoms with Crippen LogP contribution in [0.3, 0.4) is 0 Å². The molecule has 0 radical (unpaired) electrons. The molecule has 0 spiro atoms. The molecule has 1 fully saturated rings. The first-order valence-corrected chi connectivity index (χ1v) is 15.8. The van der Waals surface area contributed by atoms with Crippen LogP contribution in [0.15, 0.2) is 45.6 Å². The van der Waals surface area contributed by atoms with Gasteiger partial charge < -0.3 is 5.11 Å². The van der Waals surface area contributed by atoms with Crippen molar-refractivity contribution in [3.63, 3.8) is 0 Å². The Kier molecular flexibility index (Phi) is 5.68. The normalized spacial score (nSPS) is 30.4. The molecule has 0 aromatic rings. The summed E-state index contributed by atoms with van der Waals surface area (Å²) in [6.07, 6.45) is 19.6. The average Bonchev–Trinajstić information content (AvgIpc) is 3.14. The van der Waals surface area contributed by atoms with Crippen molar-refractivity contribution < 1.29 is 26.9 Å². The number of hydrogen-bond donors (Lipinski definition) is 0. The van der Waals surface area contributed by atoms with Gasteiger partial charge in [-0.15, -0.1) is 6.61 Å². The Bertz CT molecular complexity index is 608. The van der Waals surface area contributed by atoms with E-state index in [2.05, 4.69) is 16.8 Å². The molecule has 1 saturated heterocycles. The molecule has 0 aromatic heterocycles. The van der Waals surface area contributed by atoms with Gasteiger partial charge in [-0.1, -0.05) is 6.92 Å². The standard InChI is InChI=1S/C20H24.C2H5O.CH3.Zr/c1-2-6-18-12-15(11-17(18)5-1)9-10-16-13-19-7-3-4-8-20(19)14-16;1-2-3;;/h11-14H,1-10H2;2H2,1H3;1H3;/q;-1;;+1. The zero-order valence-corrected chi connectivity index (χ0v) is 18.5. The second kappa shape index (κ2) is 7.81. The number of rotatable bonds is 0. The molecule has 0 aromatic carbocycles. The maximum absolute atomic E-state index is 8.93. The van der Waals surface area contributed by atoms with Crippen molar-refractivity contribution in [2.45, 2.75) is 83.0 Å². The van der Waals surface area contributed by atoms with Gasteiger partial charge in [0.25, 0.3) is 0 Å². The van der Waals surface area contributed by atoms with Gasteiger partial charge in [0.05, 0.1) is 0 Å². The van der Waals surface area contributed by atoms with E-state index in [1.165, 1.54) is 64.2 Å². The molecule has 0 bridgehead atoms. The van der Waals surface area contributed by atoms with E-state index in [9.17, 15) is 0 Å². The van der Waals surface area contributed by atoms with Gasteiger partial charge in [0, 0.05) is 0 Å². The van der Waals surface area contributed by atoms with Crippen molar-refractivity contribution in [1.82, 2.24) is 0 Å². The van der Waals surface area contributed by atoms with Gasteiger partial charge in [-0.25, -0.2) is 0 Å². The van der Waals surface area contributed by atoms with E-state index in [1.54, 1.807) is 18.1 Å². The second-order valence-electron chi connectivity index (χ2n) is 8.35. The first kappa shape index (κ1) is 18.2. The Balaban J connectivity index is 0.000000490. The van der Waals surface area contributed by atoms with Gasteiger partial charge >= 0.3 is 143 Å². The molecule has 25 heavy (non-hydrogen) atoms. The number of fused-ring (bicyclic) bond motifs is 4. The van der Waals surface area contributed by atoms with Crippen molar-refractivity contribution in [3.8, 4) is 0 Å². The molecule has 1 heterocycles. The first-order chi connectivity index (χ1) is 12.2. The van der Waals surface area contributed by atoms with E-state index in [0.717, 1.165) is 7.25 Å². The summed E-state index contributed by atoms with van der Waals surface area (Å²) in [6, 6.07) is 0. The fourth-order valence-corrected chi connectivity index (χ4v) is 15.1. The van der Waals surface area contributed by atoms with E-state index in [0.29, 0.717) is 0 Å². The number of hydrogen-bond acceptors (Lipinski definition) is 1. The van der Waals surface area contributed by atoms with Crippen LogP contribution in [0.25, 0.3) is 0 Å². The van der Waals surface area contributed by atoms with Crippen LogP contribution in [0.2, 0.25) is 11.9 Å². The molecule has 1 aliphatic heterocycles. The Hall–Kier alpha value is -0.197. The molecule has 2 atom stereocenters. The minimum atomic E-state index is -1.47. The van der Waals surface area contributed by atoms with Crippen molar-refractivity contribution >= 4 is 0 Å². The molecule has 4 aliphatic carbocycles. The van der Waals surface area contributed by atoms with E-state index in [4.69, 9.17) is 5.11 Å². The molecule has 0 N–H and O–H groups in total. The Morgan fingerprint density at radius 1 is 0.800 bits per heavy atom. The number of allylic oxidation sites excluding steroid dienone is 8. The van der Waals surface area contributed by atoms with Crippen LogP contribution in [0.4, 0.5) is 0 Å². The predicted molar refractivity (Wildman–Crippen MR) is 100 cm³/mol. The second-order valence-corrected chi connectivity index (χ2v) is 14.8. The SMILES string of the molecule is CC[O-].[CH3][Zr+]1[CH]2C(=CC3=C2CCCC3)CCC2=CC3=C(CCCC3)[CH]21. The van der Waals surface area contributed by atoms with Crippen molar-refractivity contribution in [1.29, 1.82) is 0 Å². The van der Waals surface area contributed by atoms with E-state index in [-0.39, 0.29) is 6.61 Å². The summed E-state index contributed by atoms with van der Waals surface area (Å²) in [5.41, 5.74) is 11.3. The van der Waals surface area contributed by atoms with Gasteiger partial charge in [-0.2, -0.15) is 0 Å². The topological polar surface area (TPSA) is 23.1 Å².